The number of hydrogen-bond donors (Lipinski definition) is 3. The van der Waals surface area contributed by atoms with Crippen LogP contribution in [0.4, 0.5) is 11.4 Å². The number of nitrogen functional groups attached to an aromatic ring is 2. The Labute approximate surface area is 120 Å². The monoisotopic (exact) mass is 277 g/mol. The Morgan fingerprint density at radius 3 is 2.42 bits per heavy atom. The third-order valence-electron chi connectivity index (χ3n) is 3.03. The molecule has 5 N–H and O–H groups in total. The van der Waals surface area contributed by atoms with E-state index in [4.69, 9.17) is 11.5 Å². The van der Waals surface area contributed by atoms with Gasteiger partial charge in [-0.05, 0) is 36.2 Å². The van der Waals surface area contributed by atoms with Crippen LogP contribution in [0, 0.1) is 0 Å². The van der Waals surface area contributed by atoms with E-state index in [0.29, 0.717) is 0 Å². The number of nitrogens with one attached hydrogen (secondary N) is 1. The van der Waals surface area contributed by atoms with Crippen molar-refractivity contribution in [2.24, 2.45) is 0 Å². The van der Waals surface area contributed by atoms with E-state index in [-0.39, 0.29) is 18.4 Å². The smallest absolute Gasteiger partial charge is 0.0363 e. The van der Waals surface area contributed by atoms with Crippen LogP contribution in [0.25, 0.3) is 0 Å². The average molecular weight is 278 g/mol. The lowest BCUT2D eigenvalue weighted by Gasteiger charge is -2.17. The fourth-order valence-electron chi connectivity index (χ4n) is 1.94. The maximum absolute atomic E-state index is 5.96. The normalized spacial score (nSPS) is 11.6. The molecule has 4 heteroatoms. The van der Waals surface area contributed by atoms with Crippen molar-refractivity contribution in [3.8, 4) is 0 Å². The molecule has 19 heavy (non-hydrogen) atoms. The molecule has 1 unspecified atom stereocenters. The number of hydrogen-bond acceptors (Lipinski definition) is 3. The summed E-state index contributed by atoms with van der Waals surface area (Å²) in [5, 5.41) is 3.45. The Balaban J connectivity index is 0.00000180. The van der Waals surface area contributed by atoms with Gasteiger partial charge >= 0.3 is 0 Å². The average Bonchev–Trinajstić information content (AvgIpc) is 2.40. The minimum Gasteiger partial charge on any atom is -0.399 e. The van der Waals surface area contributed by atoms with Gasteiger partial charge in [0.15, 0.2) is 0 Å². The van der Waals surface area contributed by atoms with E-state index in [1.165, 1.54) is 5.56 Å². The Kier molecular flexibility index (Phi) is 5.67. The van der Waals surface area contributed by atoms with Crippen LogP contribution in [0.3, 0.4) is 0 Å². The summed E-state index contributed by atoms with van der Waals surface area (Å²) >= 11 is 0. The molecule has 0 aromatic heterocycles. The van der Waals surface area contributed by atoms with Crippen LogP contribution in [0.5, 0.6) is 0 Å². The highest BCUT2D eigenvalue weighted by Crippen LogP contribution is 2.22. The summed E-state index contributed by atoms with van der Waals surface area (Å²) in [4.78, 5) is 0. The van der Waals surface area contributed by atoms with Crippen LogP contribution in [-0.4, -0.2) is 0 Å². The van der Waals surface area contributed by atoms with E-state index >= 15 is 0 Å². The van der Waals surface area contributed by atoms with E-state index < -0.39 is 0 Å². The zero-order chi connectivity index (χ0) is 13.0. The maximum Gasteiger partial charge on any atom is 0.0363 e. The van der Waals surface area contributed by atoms with Gasteiger partial charge in [-0.1, -0.05) is 30.3 Å². The van der Waals surface area contributed by atoms with E-state index in [1.54, 1.807) is 0 Å². The fourth-order valence-corrected chi connectivity index (χ4v) is 1.94. The third kappa shape index (κ3) is 4.16. The second kappa shape index (κ2) is 7.02. The molecule has 0 bridgehead atoms. The molecule has 102 valence electrons. The van der Waals surface area contributed by atoms with Crippen LogP contribution in [0.15, 0.2) is 48.5 Å². The zero-order valence-electron chi connectivity index (χ0n) is 11.0. The first-order valence-electron chi connectivity index (χ1n) is 6.09. The molecule has 2 aromatic rings. The summed E-state index contributed by atoms with van der Waals surface area (Å²) in [6.45, 7) is 2.91. The Morgan fingerprint density at radius 1 is 1.05 bits per heavy atom. The lowest BCUT2D eigenvalue weighted by molar-refractivity contribution is 0.576. The lowest BCUT2D eigenvalue weighted by Crippen LogP contribution is -2.19. The molecule has 0 saturated carbocycles. The summed E-state index contributed by atoms with van der Waals surface area (Å²) < 4.78 is 0. The number of rotatable bonds is 4. The molecule has 0 saturated heterocycles. The van der Waals surface area contributed by atoms with Crippen LogP contribution in [0.2, 0.25) is 0 Å². The molecule has 0 heterocycles. The molecule has 0 radical (unpaired) electrons. The highest BCUT2D eigenvalue weighted by Gasteiger charge is 2.08. The van der Waals surface area contributed by atoms with Crippen LogP contribution in [-0.2, 0) is 6.54 Å². The zero-order valence-corrected chi connectivity index (χ0v) is 11.8. The van der Waals surface area contributed by atoms with Crippen molar-refractivity contribution >= 4 is 23.8 Å². The molecule has 0 aliphatic heterocycles. The molecule has 0 aliphatic rings. The number of halogens is 1. The summed E-state index contributed by atoms with van der Waals surface area (Å²) in [5.74, 6) is 0. The SMILES string of the molecule is CC(NCc1ccccc1)c1cc(N)ccc1N.Cl. The minimum absolute atomic E-state index is 0. The fraction of sp³-hybridized carbons (Fsp3) is 0.200. The van der Waals surface area contributed by atoms with Crippen molar-refractivity contribution in [1.82, 2.24) is 5.32 Å². The van der Waals surface area contributed by atoms with E-state index in [9.17, 15) is 0 Å². The Hall–Kier alpha value is -1.71. The summed E-state index contributed by atoms with van der Waals surface area (Å²) in [5.41, 5.74) is 15.6. The predicted molar refractivity (Wildman–Crippen MR) is 84.2 cm³/mol. The molecular weight excluding hydrogens is 258 g/mol. The second-order valence-electron chi connectivity index (χ2n) is 4.48. The predicted octanol–water partition coefficient (Wildman–Crippen LogP) is 3.12. The van der Waals surface area contributed by atoms with Gasteiger partial charge in [0.1, 0.15) is 0 Å². The van der Waals surface area contributed by atoms with Gasteiger partial charge < -0.3 is 16.8 Å². The van der Waals surface area contributed by atoms with Gasteiger partial charge in [-0.15, -0.1) is 12.4 Å². The Bertz CT molecular complexity index is 514. The van der Waals surface area contributed by atoms with Gasteiger partial charge in [0, 0.05) is 24.0 Å². The van der Waals surface area contributed by atoms with Crippen molar-refractivity contribution in [2.75, 3.05) is 11.5 Å². The van der Waals surface area contributed by atoms with E-state index in [1.807, 2.05) is 36.4 Å². The standard InChI is InChI=1S/C15H19N3.ClH/c1-11(14-9-13(16)7-8-15(14)17)18-10-12-5-3-2-4-6-12;/h2-9,11,18H,10,16-17H2,1H3;1H. The van der Waals surface area contributed by atoms with Gasteiger partial charge in [-0.3, -0.25) is 0 Å². The molecule has 0 aliphatic carbocycles. The van der Waals surface area contributed by atoms with Gasteiger partial charge in [0.25, 0.3) is 0 Å². The molecule has 0 amide bonds. The molecule has 2 aromatic carbocycles. The lowest BCUT2D eigenvalue weighted by atomic mass is 10.0. The van der Waals surface area contributed by atoms with Crippen LogP contribution < -0.4 is 16.8 Å². The van der Waals surface area contributed by atoms with Crippen molar-refractivity contribution in [3.05, 3.63) is 59.7 Å². The minimum atomic E-state index is 0. The molecule has 0 spiro atoms. The second-order valence-corrected chi connectivity index (χ2v) is 4.48. The topological polar surface area (TPSA) is 64.1 Å². The highest BCUT2D eigenvalue weighted by atomic mass is 35.5. The third-order valence-corrected chi connectivity index (χ3v) is 3.03. The van der Waals surface area contributed by atoms with E-state index in [2.05, 4.69) is 24.4 Å². The first kappa shape index (κ1) is 15.3. The summed E-state index contributed by atoms with van der Waals surface area (Å²) in [6.07, 6.45) is 0. The van der Waals surface area contributed by atoms with Crippen LogP contribution >= 0.6 is 12.4 Å². The van der Waals surface area contributed by atoms with Gasteiger partial charge in [0.2, 0.25) is 0 Å². The van der Waals surface area contributed by atoms with Gasteiger partial charge in [-0.2, -0.15) is 0 Å². The molecule has 2 rings (SSSR count). The molecular formula is C15H20ClN3. The Morgan fingerprint density at radius 2 is 1.74 bits per heavy atom. The van der Waals surface area contributed by atoms with Crippen molar-refractivity contribution in [3.63, 3.8) is 0 Å². The summed E-state index contributed by atoms with van der Waals surface area (Å²) in [7, 11) is 0. The van der Waals surface area contributed by atoms with Crippen molar-refractivity contribution < 1.29 is 0 Å². The largest absolute Gasteiger partial charge is 0.399 e. The first-order chi connectivity index (χ1) is 8.66. The summed E-state index contributed by atoms with van der Waals surface area (Å²) in [6, 6.07) is 16.1. The molecule has 3 nitrogen and oxygen atoms in total. The first-order valence-corrected chi connectivity index (χ1v) is 6.09. The quantitative estimate of drug-likeness (QED) is 0.753. The van der Waals surface area contributed by atoms with Crippen molar-refractivity contribution in [2.45, 2.75) is 19.5 Å². The van der Waals surface area contributed by atoms with Gasteiger partial charge in [-0.25, -0.2) is 0 Å². The molecule has 0 fully saturated rings. The number of benzene rings is 2. The van der Waals surface area contributed by atoms with E-state index in [0.717, 1.165) is 23.5 Å². The number of nitrogens with two attached hydrogens (primary N) is 2. The van der Waals surface area contributed by atoms with Gasteiger partial charge in [0.05, 0.1) is 0 Å². The maximum atomic E-state index is 5.96. The van der Waals surface area contributed by atoms with Crippen LogP contribution in [0.1, 0.15) is 24.1 Å². The molecule has 1 atom stereocenters. The van der Waals surface area contributed by atoms with Crippen molar-refractivity contribution in [1.29, 1.82) is 0 Å². The number of anilines is 2. The highest BCUT2D eigenvalue weighted by molar-refractivity contribution is 5.85.